The smallest absolute Gasteiger partial charge is 0.353 e. The first-order valence-electron chi connectivity index (χ1n) is 3.86. The molecule has 6 nitrogen and oxygen atoms in total. The van der Waals surface area contributed by atoms with Gasteiger partial charge in [0, 0.05) is 5.75 Å². The summed E-state index contributed by atoms with van der Waals surface area (Å²) in [5.41, 5.74) is 5.39. The molecule has 2 atom stereocenters. The number of fused-ring (bicyclic) bond motifs is 1. The molecule has 2 rings (SSSR count). The number of rotatable bonds is 1. The van der Waals surface area contributed by atoms with Gasteiger partial charge in [-0.2, -0.15) is 0 Å². The number of nitrogens with zero attached hydrogens (tertiary/aromatic N) is 1. The van der Waals surface area contributed by atoms with Gasteiger partial charge in [-0.05, 0) is 0 Å². The maximum atomic E-state index is 11.3. The first-order valence-corrected chi connectivity index (χ1v) is 5.29. The highest BCUT2D eigenvalue weighted by Crippen LogP contribution is 2.40. The Morgan fingerprint density at radius 2 is 2.19 bits per heavy atom. The molecule has 0 saturated carbocycles. The number of thioether (sulfide) groups is 1. The van der Waals surface area contributed by atoms with Gasteiger partial charge < -0.3 is 29.4 Å². The SMILES string of the molecule is N[C@@H]1C(=O)N2C(C(=O)O)=C(Cl)CSC12.[Cl-].[NH4+]. The Kier molecular flexibility index (Phi) is 5.09. The lowest BCUT2D eigenvalue weighted by Gasteiger charge is -2.47. The average Bonchev–Trinajstić information content (AvgIpc) is 2.15. The highest BCUT2D eigenvalue weighted by atomic mass is 35.5. The van der Waals surface area contributed by atoms with Crippen molar-refractivity contribution >= 4 is 35.2 Å². The van der Waals surface area contributed by atoms with E-state index in [-0.39, 0.29) is 40.6 Å². The number of aliphatic carboxylic acids is 1. The third-order valence-corrected chi connectivity index (χ3v) is 3.94. The second-order valence-corrected chi connectivity index (χ2v) is 4.56. The van der Waals surface area contributed by atoms with Crippen LogP contribution in [0.5, 0.6) is 0 Å². The van der Waals surface area contributed by atoms with Crippen LogP contribution in [0.2, 0.25) is 0 Å². The van der Waals surface area contributed by atoms with Crippen molar-refractivity contribution in [3.05, 3.63) is 10.7 Å². The van der Waals surface area contributed by atoms with E-state index in [4.69, 9.17) is 22.4 Å². The largest absolute Gasteiger partial charge is 1.00 e. The lowest BCUT2D eigenvalue weighted by atomic mass is 10.1. The topological polar surface area (TPSA) is 120 Å². The Labute approximate surface area is 107 Å². The Hall–Kier alpha value is -0.470. The van der Waals surface area contributed by atoms with Crippen LogP contribution in [0.3, 0.4) is 0 Å². The summed E-state index contributed by atoms with van der Waals surface area (Å²) in [6.07, 6.45) is 0. The van der Waals surface area contributed by atoms with Crippen molar-refractivity contribution in [2.24, 2.45) is 5.73 Å². The van der Waals surface area contributed by atoms with Gasteiger partial charge in [0.25, 0.3) is 0 Å². The zero-order valence-corrected chi connectivity index (χ0v) is 10.6. The minimum atomic E-state index is -1.18. The van der Waals surface area contributed by atoms with Crippen LogP contribution < -0.4 is 24.3 Å². The molecule has 2 heterocycles. The number of hydrogen-bond donors (Lipinski definition) is 3. The normalized spacial score (nSPS) is 27.4. The van der Waals surface area contributed by atoms with Crippen LogP contribution in [0.4, 0.5) is 0 Å². The molecule has 0 bridgehead atoms. The molecule has 1 fully saturated rings. The van der Waals surface area contributed by atoms with Gasteiger partial charge >= 0.3 is 5.97 Å². The summed E-state index contributed by atoms with van der Waals surface area (Å²) in [5, 5.41) is 8.77. The van der Waals surface area contributed by atoms with Crippen LogP contribution in [0.15, 0.2) is 10.7 Å². The number of carbonyl (C=O) groups excluding carboxylic acids is 1. The van der Waals surface area contributed by atoms with Crippen LogP contribution in [-0.2, 0) is 9.59 Å². The first-order chi connectivity index (χ1) is 6.54. The van der Waals surface area contributed by atoms with Crippen LogP contribution in [0, 0.1) is 0 Å². The summed E-state index contributed by atoms with van der Waals surface area (Å²) >= 11 is 7.11. The van der Waals surface area contributed by atoms with Gasteiger partial charge in [-0.25, -0.2) is 4.79 Å². The zero-order chi connectivity index (χ0) is 10.5. The number of halogens is 2. The number of quaternary nitrogens is 1. The van der Waals surface area contributed by atoms with Gasteiger partial charge in [0.15, 0.2) is 0 Å². The number of nitrogens with two attached hydrogens (primary N) is 1. The molecular formula is C7H11Cl2N3O3S. The molecule has 1 unspecified atom stereocenters. The van der Waals surface area contributed by atoms with Crippen molar-refractivity contribution in [1.29, 1.82) is 0 Å². The van der Waals surface area contributed by atoms with Crippen molar-refractivity contribution in [3.8, 4) is 0 Å². The molecule has 1 amide bonds. The third kappa shape index (κ3) is 2.01. The predicted octanol–water partition coefficient (Wildman–Crippen LogP) is -2.86. The third-order valence-electron chi connectivity index (χ3n) is 2.17. The second-order valence-electron chi connectivity index (χ2n) is 2.99. The van der Waals surface area contributed by atoms with Gasteiger partial charge in [0.1, 0.15) is 17.1 Å². The summed E-state index contributed by atoms with van der Waals surface area (Å²) in [6.45, 7) is 0. The minimum absolute atomic E-state index is 0. The molecule has 1 saturated heterocycles. The molecule has 16 heavy (non-hydrogen) atoms. The van der Waals surface area contributed by atoms with Crippen LogP contribution >= 0.6 is 23.4 Å². The van der Waals surface area contributed by atoms with Crippen molar-refractivity contribution in [2.75, 3.05) is 5.75 Å². The van der Waals surface area contributed by atoms with Crippen LogP contribution in [-0.4, -0.2) is 39.1 Å². The quantitative estimate of drug-likeness (QED) is 0.448. The molecule has 92 valence electrons. The lowest BCUT2D eigenvalue weighted by Crippen LogP contribution is -3.00. The van der Waals surface area contributed by atoms with E-state index in [0.717, 1.165) is 4.90 Å². The van der Waals surface area contributed by atoms with Crippen molar-refractivity contribution < 1.29 is 27.1 Å². The molecule has 0 aliphatic carbocycles. The number of amides is 1. The summed E-state index contributed by atoms with van der Waals surface area (Å²) in [5.74, 6) is -1.16. The summed E-state index contributed by atoms with van der Waals surface area (Å²) in [6, 6.07) is -0.598. The first kappa shape index (κ1) is 15.5. The van der Waals surface area contributed by atoms with Crippen molar-refractivity contribution in [3.63, 3.8) is 0 Å². The molecule has 0 spiro atoms. The second kappa shape index (κ2) is 5.24. The Morgan fingerprint density at radius 3 is 2.69 bits per heavy atom. The molecule has 2 aliphatic rings. The average molecular weight is 288 g/mol. The van der Waals surface area contributed by atoms with E-state index in [1.165, 1.54) is 11.8 Å². The fourth-order valence-corrected chi connectivity index (χ4v) is 2.98. The molecule has 7 N–H and O–H groups in total. The maximum Gasteiger partial charge on any atom is 0.353 e. The molecule has 0 aromatic rings. The highest BCUT2D eigenvalue weighted by molar-refractivity contribution is 8.00. The molecule has 0 aromatic carbocycles. The van der Waals surface area contributed by atoms with Gasteiger partial charge in [0.2, 0.25) is 5.91 Å². The van der Waals surface area contributed by atoms with E-state index in [9.17, 15) is 9.59 Å². The molecule has 0 aromatic heterocycles. The summed E-state index contributed by atoms with van der Waals surface area (Å²) in [7, 11) is 0. The maximum absolute atomic E-state index is 11.3. The Morgan fingerprint density at radius 1 is 1.62 bits per heavy atom. The van der Waals surface area contributed by atoms with Crippen molar-refractivity contribution in [1.82, 2.24) is 11.1 Å². The summed E-state index contributed by atoms with van der Waals surface area (Å²) < 4.78 is 0. The van der Waals surface area contributed by atoms with E-state index in [2.05, 4.69) is 0 Å². The number of β-lactam (4-membered cyclic amide) rings is 1. The monoisotopic (exact) mass is 287 g/mol. The lowest BCUT2D eigenvalue weighted by molar-refractivity contribution is -0.147. The van der Waals surface area contributed by atoms with Crippen molar-refractivity contribution in [2.45, 2.75) is 11.4 Å². The van der Waals surface area contributed by atoms with E-state index in [1.807, 2.05) is 0 Å². The number of carboxylic acids is 1. The zero-order valence-electron chi connectivity index (χ0n) is 8.31. The number of carboxylic acid groups (broad SMARTS) is 1. The Bertz CT molecular complexity index is 363. The van der Waals surface area contributed by atoms with Gasteiger partial charge in [-0.1, -0.05) is 11.6 Å². The van der Waals surface area contributed by atoms with Crippen LogP contribution in [0.25, 0.3) is 0 Å². The minimum Gasteiger partial charge on any atom is -1.00 e. The van der Waals surface area contributed by atoms with E-state index < -0.39 is 12.0 Å². The fourth-order valence-electron chi connectivity index (χ4n) is 1.48. The standard InChI is InChI=1S/C7H7ClN2O3S.ClH.H3N/c8-2-1-14-6-3(9)5(11)10(6)4(2)7(12)13;;/h3,6H,1,9H2,(H,12,13);1H;1H3/t3-,6?;;/m1../s1. The van der Waals surface area contributed by atoms with Gasteiger partial charge in [0.05, 0.1) is 5.03 Å². The highest BCUT2D eigenvalue weighted by Gasteiger charge is 2.51. The molecule has 2 aliphatic heterocycles. The molecule has 9 heteroatoms. The molecule has 0 radical (unpaired) electrons. The summed E-state index contributed by atoms with van der Waals surface area (Å²) in [4.78, 5) is 23.3. The van der Waals surface area contributed by atoms with Gasteiger partial charge in [-0.15, -0.1) is 11.8 Å². The van der Waals surface area contributed by atoms with Gasteiger partial charge in [-0.3, -0.25) is 9.69 Å². The van der Waals surface area contributed by atoms with E-state index in [0.29, 0.717) is 5.75 Å². The molecular weight excluding hydrogens is 277 g/mol. The predicted molar refractivity (Wildman–Crippen MR) is 57.6 cm³/mol. The number of carbonyl (C=O) groups is 2. The number of hydrogen-bond acceptors (Lipinski definition) is 4. The fraction of sp³-hybridized carbons (Fsp3) is 0.429. The van der Waals surface area contributed by atoms with E-state index >= 15 is 0 Å². The van der Waals surface area contributed by atoms with Crippen LogP contribution in [0.1, 0.15) is 0 Å². The van der Waals surface area contributed by atoms with E-state index in [1.54, 1.807) is 0 Å². The Balaban J connectivity index is 0.00000112.